The molecule has 0 bridgehead atoms. The summed E-state index contributed by atoms with van der Waals surface area (Å²) in [7, 11) is 4.27. The molecule has 1 saturated carbocycles. The van der Waals surface area contributed by atoms with E-state index in [-0.39, 0.29) is 11.5 Å². The van der Waals surface area contributed by atoms with Gasteiger partial charge in [-0.15, -0.1) is 11.3 Å². The Morgan fingerprint density at radius 2 is 1.90 bits per heavy atom. The van der Waals surface area contributed by atoms with Crippen LogP contribution in [0.1, 0.15) is 35.6 Å². The third kappa shape index (κ3) is 2.56. The summed E-state index contributed by atoms with van der Waals surface area (Å²) in [6.07, 6.45) is 2.45. The molecule has 1 aliphatic rings. The average molecular weight is 299 g/mol. The number of nitrogens with zero attached hydrogens (tertiary/aromatic N) is 1. The standard InChI is InChI=1S/C18H21NOS/c1-19(2)18(14-7-4-3-5-8-14)11-10-16(20)15(13-18)17-9-6-12-21-17/h3-9,12,15H,10-11,13H2,1-2H3. The van der Waals surface area contributed by atoms with Crippen LogP contribution in [0.3, 0.4) is 0 Å². The molecule has 2 atom stereocenters. The molecule has 0 radical (unpaired) electrons. The Balaban J connectivity index is 2.00. The van der Waals surface area contributed by atoms with E-state index in [1.54, 1.807) is 11.3 Å². The molecule has 1 heterocycles. The minimum absolute atomic E-state index is 0.0379. The van der Waals surface area contributed by atoms with E-state index in [0.29, 0.717) is 12.2 Å². The first kappa shape index (κ1) is 14.5. The van der Waals surface area contributed by atoms with Crippen molar-refractivity contribution in [3.05, 3.63) is 58.3 Å². The molecular formula is C18H21NOS. The lowest BCUT2D eigenvalue weighted by molar-refractivity contribution is -0.124. The summed E-state index contributed by atoms with van der Waals surface area (Å²) < 4.78 is 0. The Hall–Kier alpha value is -1.45. The van der Waals surface area contributed by atoms with Crippen LogP contribution in [0.2, 0.25) is 0 Å². The fourth-order valence-electron chi connectivity index (χ4n) is 3.48. The van der Waals surface area contributed by atoms with E-state index in [0.717, 1.165) is 12.8 Å². The maximum atomic E-state index is 12.4. The van der Waals surface area contributed by atoms with Crippen LogP contribution >= 0.6 is 11.3 Å². The summed E-state index contributed by atoms with van der Waals surface area (Å²) in [5.74, 6) is 0.437. The molecule has 2 unspecified atom stereocenters. The molecular weight excluding hydrogens is 278 g/mol. The lowest BCUT2D eigenvalue weighted by atomic mass is 9.70. The lowest BCUT2D eigenvalue weighted by Crippen LogP contribution is -2.46. The normalized spacial score (nSPS) is 26.2. The quantitative estimate of drug-likeness (QED) is 0.852. The van der Waals surface area contributed by atoms with Crippen LogP contribution in [0.25, 0.3) is 0 Å². The van der Waals surface area contributed by atoms with Gasteiger partial charge in [0.15, 0.2) is 0 Å². The van der Waals surface area contributed by atoms with Crippen molar-refractivity contribution in [2.45, 2.75) is 30.7 Å². The number of carbonyl (C=O) groups is 1. The van der Waals surface area contributed by atoms with Crippen LogP contribution in [-0.2, 0) is 10.3 Å². The molecule has 3 rings (SSSR count). The first-order valence-corrected chi connectivity index (χ1v) is 8.30. The summed E-state index contributed by atoms with van der Waals surface area (Å²) in [4.78, 5) is 15.9. The van der Waals surface area contributed by atoms with Gasteiger partial charge in [-0.2, -0.15) is 0 Å². The molecule has 0 N–H and O–H groups in total. The molecule has 0 spiro atoms. The van der Waals surface area contributed by atoms with E-state index in [1.165, 1.54) is 10.4 Å². The van der Waals surface area contributed by atoms with Crippen molar-refractivity contribution in [2.24, 2.45) is 0 Å². The molecule has 110 valence electrons. The molecule has 3 heteroatoms. The summed E-state index contributed by atoms with van der Waals surface area (Å²) >= 11 is 1.70. The highest BCUT2D eigenvalue weighted by Gasteiger charge is 2.43. The predicted octanol–water partition coefficient (Wildman–Crippen LogP) is 4.04. The van der Waals surface area contributed by atoms with Crippen LogP contribution in [0, 0.1) is 0 Å². The smallest absolute Gasteiger partial charge is 0.141 e. The number of hydrogen-bond donors (Lipinski definition) is 0. The van der Waals surface area contributed by atoms with Crippen LogP contribution in [0.5, 0.6) is 0 Å². The summed E-state index contributed by atoms with van der Waals surface area (Å²) in [5.41, 5.74) is 1.29. The molecule has 0 saturated heterocycles. The fraction of sp³-hybridized carbons (Fsp3) is 0.389. The predicted molar refractivity (Wildman–Crippen MR) is 87.7 cm³/mol. The summed E-state index contributed by atoms with van der Waals surface area (Å²) in [5, 5.41) is 2.07. The third-order valence-corrected chi connectivity index (χ3v) is 5.76. The van der Waals surface area contributed by atoms with Crippen LogP contribution in [0.15, 0.2) is 47.8 Å². The fourth-order valence-corrected chi connectivity index (χ4v) is 4.33. The second kappa shape index (κ2) is 5.74. The van der Waals surface area contributed by atoms with Gasteiger partial charge in [-0.05, 0) is 43.9 Å². The van der Waals surface area contributed by atoms with E-state index in [4.69, 9.17) is 0 Å². The largest absolute Gasteiger partial charge is 0.300 e. The number of thiophene rings is 1. The number of Topliss-reactive ketones (excluding diaryl/α,β-unsaturated/α-hetero) is 1. The Morgan fingerprint density at radius 3 is 2.52 bits per heavy atom. The Kier molecular flexibility index (Phi) is 3.96. The van der Waals surface area contributed by atoms with E-state index in [9.17, 15) is 4.79 Å². The van der Waals surface area contributed by atoms with Gasteiger partial charge < -0.3 is 0 Å². The Morgan fingerprint density at radius 1 is 1.14 bits per heavy atom. The first-order valence-electron chi connectivity index (χ1n) is 7.42. The minimum Gasteiger partial charge on any atom is -0.300 e. The maximum Gasteiger partial charge on any atom is 0.141 e. The molecule has 1 aromatic heterocycles. The zero-order valence-corrected chi connectivity index (χ0v) is 13.4. The van der Waals surface area contributed by atoms with E-state index < -0.39 is 0 Å². The van der Waals surface area contributed by atoms with E-state index >= 15 is 0 Å². The number of benzene rings is 1. The van der Waals surface area contributed by atoms with Crippen molar-refractivity contribution >= 4 is 17.1 Å². The molecule has 21 heavy (non-hydrogen) atoms. The van der Waals surface area contributed by atoms with Gasteiger partial charge in [0.05, 0.1) is 5.92 Å². The second-order valence-corrected chi connectivity index (χ2v) is 7.01. The number of rotatable bonds is 3. The molecule has 2 aromatic rings. The van der Waals surface area contributed by atoms with E-state index in [2.05, 4.69) is 60.8 Å². The van der Waals surface area contributed by atoms with Gasteiger partial charge in [0.25, 0.3) is 0 Å². The van der Waals surface area contributed by atoms with Crippen molar-refractivity contribution in [2.75, 3.05) is 14.1 Å². The molecule has 1 aliphatic carbocycles. The molecule has 1 fully saturated rings. The number of carbonyl (C=O) groups excluding carboxylic acids is 1. The SMILES string of the molecule is CN(C)C1(c2ccccc2)CCC(=O)C(c2cccs2)C1. The molecule has 2 nitrogen and oxygen atoms in total. The van der Waals surface area contributed by atoms with Crippen LogP contribution < -0.4 is 0 Å². The van der Waals surface area contributed by atoms with Gasteiger partial charge in [0.1, 0.15) is 5.78 Å². The van der Waals surface area contributed by atoms with Gasteiger partial charge in [0, 0.05) is 16.8 Å². The van der Waals surface area contributed by atoms with Gasteiger partial charge in [-0.1, -0.05) is 36.4 Å². The van der Waals surface area contributed by atoms with Gasteiger partial charge in [-0.3, -0.25) is 9.69 Å². The second-order valence-electron chi connectivity index (χ2n) is 6.03. The highest BCUT2D eigenvalue weighted by atomic mass is 32.1. The molecule has 0 aliphatic heterocycles. The topological polar surface area (TPSA) is 20.3 Å². The third-order valence-electron chi connectivity index (χ3n) is 4.77. The number of hydrogen-bond acceptors (Lipinski definition) is 3. The van der Waals surface area contributed by atoms with Crippen molar-refractivity contribution in [3.63, 3.8) is 0 Å². The van der Waals surface area contributed by atoms with Crippen molar-refractivity contribution in [1.29, 1.82) is 0 Å². The van der Waals surface area contributed by atoms with Gasteiger partial charge in [-0.25, -0.2) is 0 Å². The van der Waals surface area contributed by atoms with Gasteiger partial charge >= 0.3 is 0 Å². The summed E-state index contributed by atoms with van der Waals surface area (Å²) in [6.45, 7) is 0. The first-order chi connectivity index (χ1) is 10.1. The van der Waals surface area contributed by atoms with Crippen LogP contribution in [-0.4, -0.2) is 24.8 Å². The van der Waals surface area contributed by atoms with Crippen LogP contribution in [0.4, 0.5) is 0 Å². The molecule has 1 aromatic carbocycles. The highest BCUT2D eigenvalue weighted by Crippen LogP contribution is 2.46. The van der Waals surface area contributed by atoms with Crippen molar-refractivity contribution in [3.8, 4) is 0 Å². The van der Waals surface area contributed by atoms with E-state index in [1.807, 2.05) is 6.07 Å². The Bertz CT molecular complexity index is 605. The van der Waals surface area contributed by atoms with Crippen molar-refractivity contribution < 1.29 is 4.79 Å². The Labute approximate surface area is 130 Å². The average Bonchev–Trinajstić information content (AvgIpc) is 3.03. The minimum atomic E-state index is -0.0379. The number of ketones is 1. The zero-order chi connectivity index (χ0) is 14.9. The lowest BCUT2D eigenvalue weighted by Gasteiger charge is -2.45. The molecule has 0 amide bonds. The zero-order valence-electron chi connectivity index (χ0n) is 12.6. The monoisotopic (exact) mass is 299 g/mol. The summed E-state index contributed by atoms with van der Waals surface area (Å²) in [6, 6.07) is 14.8. The highest BCUT2D eigenvalue weighted by molar-refractivity contribution is 7.10. The maximum absolute atomic E-state index is 12.4. The van der Waals surface area contributed by atoms with Gasteiger partial charge in [0.2, 0.25) is 0 Å². The van der Waals surface area contributed by atoms with Crippen molar-refractivity contribution in [1.82, 2.24) is 4.90 Å².